The minimum absolute atomic E-state index is 0.0259. The number of nitrogens with zero attached hydrogens (tertiary/aromatic N) is 2. The largest absolute Gasteiger partial charge is 0.394 e. The van der Waals surface area contributed by atoms with Crippen molar-refractivity contribution in [1.29, 1.82) is 0 Å². The second-order valence-electron chi connectivity index (χ2n) is 2.81. The Hall–Kier alpha value is -0.850. The van der Waals surface area contributed by atoms with Gasteiger partial charge in [-0.05, 0) is 0 Å². The summed E-state index contributed by atoms with van der Waals surface area (Å²) in [7, 11) is 1.67. The Labute approximate surface area is 77.3 Å². The highest BCUT2D eigenvalue weighted by atomic mass is 16.5. The molecule has 1 unspecified atom stereocenters. The second-order valence-corrected chi connectivity index (χ2v) is 2.81. The van der Waals surface area contributed by atoms with Gasteiger partial charge >= 0.3 is 0 Å². The molecule has 0 amide bonds. The molecule has 0 saturated carbocycles. The molecule has 76 valence electrons. The molecule has 6 nitrogen and oxygen atoms in total. The minimum Gasteiger partial charge on any atom is -0.394 e. The molecule has 0 aromatic rings. The topological polar surface area (TPSA) is 83.1 Å². The maximum atomic E-state index is 8.89. The van der Waals surface area contributed by atoms with Crippen molar-refractivity contribution in [1.82, 2.24) is 10.3 Å². The van der Waals surface area contributed by atoms with Gasteiger partial charge < -0.3 is 14.7 Å². The van der Waals surface area contributed by atoms with E-state index in [2.05, 4.69) is 10.4 Å². The average Bonchev–Trinajstić information content (AvgIpc) is 2.20. The van der Waals surface area contributed by atoms with Crippen LogP contribution in [0.5, 0.6) is 0 Å². The highest BCUT2D eigenvalue weighted by Gasteiger charge is 2.21. The molecule has 1 aliphatic heterocycles. The highest BCUT2D eigenvalue weighted by molar-refractivity contribution is 5.79. The second kappa shape index (κ2) is 5.00. The van der Waals surface area contributed by atoms with Crippen molar-refractivity contribution in [2.24, 2.45) is 10.8 Å². The van der Waals surface area contributed by atoms with Crippen LogP contribution in [0, 0.1) is 0 Å². The number of ether oxygens (including phenoxy) is 1. The summed E-state index contributed by atoms with van der Waals surface area (Å²) in [6.45, 7) is 1.98. The van der Waals surface area contributed by atoms with E-state index in [9.17, 15) is 0 Å². The Kier molecular flexibility index (Phi) is 3.94. The van der Waals surface area contributed by atoms with Gasteiger partial charge in [0.05, 0.1) is 19.3 Å². The number of hydrogen-bond donors (Lipinski definition) is 3. The fraction of sp³-hybridized carbons (Fsp3) is 0.857. The maximum Gasteiger partial charge on any atom is 0.208 e. The lowest BCUT2D eigenvalue weighted by Crippen LogP contribution is -2.52. The number of nitrogens with two attached hydrogens (primary N) is 1. The van der Waals surface area contributed by atoms with Crippen molar-refractivity contribution in [2.45, 2.75) is 6.10 Å². The molecule has 4 N–H and O–H groups in total. The van der Waals surface area contributed by atoms with Crippen LogP contribution in [0.2, 0.25) is 0 Å². The van der Waals surface area contributed by atoms with Gasteiger partial charge in [-0.15, -0.1) is 0 Å². The predicted molar refractivity (Wildman–Crippen MR) is 49.1 cm³/mol. The number of rotatable bonds is 1. The number of morpholine rings is 1. The summed E-state index contributed by atoms with van der Waals surface area (Å²) >= 11 is 0. The molecular formula is C7H16N4O2. The van der Waals surface area contributed by atoms with Crippen LogP contribution in [0.25, 0.3) is 0 Å². The normalized spacial score (nSPS) is 24.7. The van der Waals surface area contributed by atoms with E-state index in [1.807, 2.05) is 4.90 Å². The van der Waals surface area contributed by atoms with E-state index in [1.165, 1.54) is 0 Å². The van der Waals surface area contributed by atoms with Crippen molar-refractivity contribution in [2.75, 3.05) is 33.4 Å². The predicted octanol–water partition coefficient (Wildman–Crippen LogP) is -1.87. The first-order valence-electron chi connectivity index (χ1n) is 4.22. The lowest BCUT2D eigenvalue weighted by Gasteiger charge is -2.33. The van der Waals surface area contributed by atoms with E-state index in [1.54, 1.807) is 7.05 Å². The molecule has 0 radical (unpaired) electrons. The zero-order valence-electron chi connectivity index (χ0n) is 7.73. The Balaban J connectivity index is 2.50. The number of aliphatic hydroxyl groups is 1. The summed E-state index contributed by atoms with van der Waals surface area (Å²) in [6.07, 6.45) is -0.140. The van der Waals surface area contributed by atoms with Gasteiger partial charge in [-0.25, -0.2) is 5.84 Å². The minimum atomic E-state index is -0.140. The van der Waals surface area contributed by atoms with E-state index < -0.39 is 0 Å². The SMILES string of the molecule is CN=C(NN)N1CCOC(CO)C1. The Morgan fingerprint density at radius 1 is 1.85 bits per heavy atom. The molecule has 0 aromatic carbocycles. The number of nitrogens with one attached hydrogen (secondary N) is 1. The molecule has 0 bridgehead atoms. The molecule has 0 aromatic heterocycles. The van der Waals surface area contributed by atoms with Gasteiger partial charge in [-0.1, -0.05) is 0 Å². The average molecular weight is 188 g/mol. The van der Waals surface area contributed by atoms with Gasteiger partial charge in [-0.3, -0.25) is 10.4 Å². The molecule has 1 atom stereocenters. The molecule has 1 fully saturated rings. The summed E-state index contributed by atoms with van der Waals surface area (Å²) in [5, 5.41) is 8.89. The van der Waals surface area contributed by atoms with Crippen molar-refractivity contribution in [3.8, 4) is 0 Å². The number of aliphatic imine (C=N–C) groups is 1. The zero-order valence-corrected chi connectivity index (χ0v) is 7.73. The van der Waals surface area contributed by atoms with E-state index in [-0.39, 0.29) is 12.7 Å². The Morgan fingerprint density at radius 2 is 2.62 bits per heavy atom. The molecule has 1 rings (SSSR count). The first-order valence-corrected chi connectivity index (χ1v) is 4.22. The van der Waals surface area contributed by atoms with Crippen molar-refractivity contribution >= 4 is 5.96 Å². The zero-order chi connectivity index (χ0) is 9.68. The lowest BCUT2D eigenvalue weighted by molar-refractivity contribution is -0.0349. The van der Waals surface area contributed by atoms with Crippen LogP contribution < -0.4 is 11.3 Å². The van der Waals surface area contributed by atoms with Crippen LogP contribution in [-0.4, -0.2) is 55.4 Å². The molecule has 0 aliphatic carbocycles. The van der Waals surface area contributed by atoms with Gasteiger partial charge in [0.15, 0.2) is 0 Å². The fourth-order valence-corrected chi connectivity index (χ4v) is 1.32. The third-order valence-electron chi connectivity index (χ3n) is 1.98. The Bertz CT molecular complexity index is 185. The van der Waals surface area contributed by atoms with Crippen LogP contribution in [-0.2, 0) is 4.74 Å². The smallest absolute Gasteiger partial charge is 0.208 e. The number of hydrogen-bond acceptors (Lipinski definition) is 4. The van der Waals surface area contributed by atoms with E-state index in [4.69, 9.17) is 15.7 Å². The summed E-state index contributed by atoms with van der Waals surface area (Å²) < 4.78 is 5.28. The van der Waals surface area contributed by atoms with E-state index in [0.717, 1.165) is 6.54 Å². The van der Waals surface area contributed by atoms with E-state index >= 15 is 0 Å². The maximum absolute atomic E-state index is 8.89. The van der Waals surface area contributed by atoms with Crippen molar-refractivity contribution in [3.05, 3.63) is 0 Å². The van der Waals surface area contributed by atoms with Crippen molar-refractivity contribution in [3.63, 3.8) is 0 Å². The quantitative estimate of drug-likeness (QED) is 0.194. The van der Waals surface area contributed by atoms with Gasteiger partial charge in [0, 0.05) is 20.1 Å². The molecule has 13 heavy (non-hydrogen) atoms. The molecule has 1 aliphatic rings. The molecule has 0 spiro atoms. The molecular weight excluding hydrogens is 172 g/mol. The van der Waals surface area contributed by atoms with Gasteiger partial charge in [-0.2, -0.15) is 0 Å². The highest BCUT2D eigenvalue weighted by Crippen LogP contribution is 2.04. The summed E-state index contributed by atoms with van der Waals surface area (Å²) in [5.74, 6) is 5.90. The number of guanidine groups is 1. The first kappa shape index (κ1) is 10.2. The monoisotopic (exact) mass is 188 g/mol. The van der Waals surface area contributed by atoms with Crippen LogP contribution in [0.4, 0.5) is 0 Å². The van der Waals surface area contributed by atoms with Gasteiger partial charge in [0.2, 0.25) is 5.96 Å². The fourth-order valence-electron chi connectivity index (χ4n) is 1.32. The lowest BCUT2D eigenvalue weighted by atomic mass is 10.3. The van der Waals surface area contributed by atoms with Crippen LogP contribution in [0.1, 0.15) is 0 Å². The van der Waals surface area contributed by atoms with Crippen LogP contribution >= 0.6 is 0 Å². The summed E-state index contributed by atoms with van der Waals surface area (Å²) in [4.78, 5) is 5.92. The summed E-state index contributed by atoms with van der Waals surface area (Å²) in [6, 6.07) is 0. The van der Waals surface area contributed by atoms with Crippen LogP contribution in [0.3, 0.4) is 0 Å². The Morgan fingerprint density at radius 3 is 3.15 bits per heavy atom. The standard InChI is InChI=1S/C7H16N4O2/c1-9-7(10-8)11-2-3-13-6(4-11)5-12/h6,12H,2-5,8H2,1H3,(H,9,10). The molecule has 1 saturated heterocycles. The molecule has 1 heterocycles. The number of aliphatic hydroxyl groups excluding tert-OH is 1. The van der Waals surface area contributed by atoms with Crippen molar-refractivity contribution < 1.29 is 9.84 Å². The number of hydrazine groups is 1. The van der Waals surface area contributed by atoms with Gasteiger partial charge in [0.1, 0.15) is 0 Å². The first-order chi connectivity index (χ1) is 6.31. The van der Waals surface area contributed by atoms with Gasteiger partial charge in [0.25, 0.3) is 0 Å². The molecule has 6 heteroatoms. The summed E-state index contributed by atoms with van der Waals surface area (Å²) in [5.41, 5.74) is 2.50. The third kappa shape index (κ3) is 2.55. The van der Waals surface area contributed by atoms with E-state index in [0.29, 0.717) is 19.1 Å². The van der Waals surface area contributed by atoms with Crippen LogP contribution in [0.15, 0.2) is 4.99 Å². The third-order valence-corrected chi connectivity index (χ3v) is 1.98.